The zero-order valence-corrected chi connectivity index (χ0v) is 10.1. The van der Waals surface area contributed by atoms with E-state index in [0.29, 0.717) is 5.75 Å². The van der Waals surface area contributed by atoms with E-state index >= 15 is 0 Å². The van der Waals surface area contributed by atoms with E-state index in [-0.39, 0.29) is 11.7 Å². The first-order valence-electron chi connectivity index (χ1n) is 5.79. The van der Waals surface area contributed by atoms with Gasteiger partial charge in [-0.25, -0.2) is 4.79 Å². The van der Waals surface area contributed by atoms with Crippen LogP contribution in [0.15, 0.2) is 40.8 Å². The number of carboxylic acid groups (broad SMARTS) is 1. The van der Waals surface area contributed by atoms with Gasteiger partial charge in [0.2, 0.25) is 5.76 Å². The lowest BCUT2D eigenvalue weighted by Crippen LogP contribution is -1.91. The number of benzene rings is 1. The third-order valence-corrected chi connectivity index (χ3v) is 2.47. The molecule has 0 aliphatic heterocycles. The molecule has 1 heterocycles. The number of furan rings is 1. The van der Waals surface area contributed by atoms with Crippen molar-refractivity contribution in [3.63, 3.8) is 0 Å². The van der Waals surface area contributed by atoms with Gasteiger partial charge in [-0.1, -0.05) is 25.5 Å². The molecule has 0 aliphatic carbocycles. The van der Waals surface area contributed by atoms with E-state index in [9.17, 15) is 4.79 Å². The quantitative estimate of drug-likeness (QED) is 0.873. The van der Waals surface area contributed by atoms with Crippen LogP contribution in [0.1, 0.15) is 29.5 Å². The Kier molecular flexibility index (Phi) is 3.67. The van der Waals surface area contributed by atoms with Crippen LogP contribution < -0.4 is 4.74 Å². The fourth-order valence-corrected chi connectivity index (χ4v) is 1.62. The summed E-state index contributed by atoms with van der Waals surface area (Å²) in [6.45, 7) is 2.13. The predicted octanol–water partition coefficient (Wildman–Crippen LogP) is 3.72. The van der Waals surface area contributed by atoms with Crippen LogP contribution >= 0.6 is 0 Å². The molecule has 2 rings (SSSR count). The molecular weight excluding hydrogens is 232 g/mol. The van der Waals surface area contributed by atoms with Crippen molar-refractivity contribution in [2.45, 2.75) is 19.8 Å². The maximum Gasteiger partial charge on any atom is 0.371 e. The van der Waals surface area contributed by atoms with Gasteiger partial charge in [-0.3, -0.25) is 0 Å². The Morgan fingerprint density at radius 1 is 1.22 bits per heavy atom. The molecule has 1 aromatic heterocycles. The second kappa shape index (κ2) is 5.40. The van der Waals surface area contributed by atoms with Crippen LogP contribution in [0.4, 0.5) is 0 Å². The van der Waals surface area contributed by atoms with Gasteiger partial charge in [-0.2, -0.15) is 0 Å². The maximum atomic E-state index is 10.6. The van der Waals surface area contributed by atoms with Gasteiger partial charge in [-0.15, -0.1) is 0 Å². The molecule has 0 amide bonds. The standard InChI is InChI=1S/C14H14O4/c1-2-3-10-4-6-11(7-5-10)17-13-9-8-12(18-13)14(15)16/h4-9H,2-3H2,1H3,(H,15,16). The number of hydrogen-bond acceptors (Lipinski definition) is 3. The van der Waals surface area contributed by atoms with Crippen LogP contribution in [0.5, 0.6) is 11.7 Å². The van der Waals surface area contributed by atoms with Crippen molar-refractivity contribution in [3.8, 4) is 11.7 Å². The van der Waals surface area contributed by atoms with Crippen molar-refractivity contribution in [2.24, 2.45) is 0 Å². The van der Waals surface area contributed by atoms with Crippen LogP contribution in [0, 0.1) is 0 Å². The van der Waals surface area contributed by atoms with Gasteiger partial charge in [0.25, 0.3) is 5.95 Å². The number of rotatable bonds is 5. The van der Waals surface area contributed by atoms with Gasteiger partial charge in [0.15, 0.2) is 0 Å². The van der Waals surface area contributed by atoms with Crippen molar-refractivity contribution in [1.82, 2.24) is 0 Å². The Hall–Kier alpha value is -2.23. The summed E-state index contributed by atoms with van der Waals surface area (Å²) in [5.41, 5.74) is 1.25. The summed E-state index contributed by atoms with van der Waals surface area (Å²) >= 11 is 0. The second-order valence-electron chi connectivity index (χ2n) is 3.92. The fourth-order valence-electron chi connectivity index (χ4n) is 1.62. The number of carboxylic acids is 1. The normalized spacial score (nSPS) is 10.3. The first-order chi connectivity index (χ1) is 8.69. The Morgan fingerprint density at radius 3 is 2.50 bits per heavy atom. The van der Waals surface area contributed by atoms with E-state index in [2.05, 4.69) is 6.92 Å². The van der Waals surface area contributed by atoms with Crippen LogP contribution in [-0.4, -0.2) is 11.1 Å². The third-order valence-electron chi connectivity index (χ3n) is 2.47. The molecular formula is C14H14O4. The summed E-state index contributed by atoms with van der Waals surface area (Å²) < 4.78 is 10.4. The lowest BCUT2D eigenvalue weighted by atomic mass is 10.1. The minimum absolute atomic E-state index is 0.132. The van der Waals surface area contributed by atoms with Crippen LogP contribution in [0.25, 0.3) is 0 Å². The van der Waals surface area contributed by atoms with Crippen LogP contribution in [-0.2, 0) is 6.42 Å². The first kappa shape index (κ1) is 12.2. The van der Waals surface area contributed by atoms with Gasteiger partial charge in [0, 0.05) is 6.07 Å². The molecule has 0 bridgehead atoms. The summed E-state index contributed by atoms with van der Waals surface area (Å²) in [5, 5.41) is 8.71. The lowest BCUT2D eigenvalue weighted by molar-refractivity contribution is 0.0657. The van der Waals surface area contributed by atoms with Crippen molar-refractivity contribution < 1.29 is 19.1 Å². The summed E-state index contributed by atoms with van der Waals surface area (Å²) in [4.78, 5) is 10.6. The average molecular weight is 246 g/mol. The Bertz CT molecular complexity index is 525. The molecule has 0 fully saturated rings. The van der Waals surface area contributed by atoms with Crippen molar-refractivity contribution in [3.05, 3.63) is 47.7 Å². The monoisotopic (exact) mass is 246 g/mol. The molecule has 4 heteroatoms. The fraction of sp³-hybridized carbons (Fsp3) is 0.214. The van der Waals surface area contributed by atoms with Gasteiger partial charge in [0.1, 0.15) is 5.75 Å². The third kappa shape index (κ3) is 2.91. The molecule has 0 unspecified atom stereocenters. The van der Waals surface area contributed by atoms with E-state index in [0.717, 1.165) is 12.8 Å². The Labute approximate surface area is 105 Å². The summed E-state index contributed by atoms with van der Waals surface area (Å²) in [5.74, 6) is -0.437. The van der Waals surface area contributed by atoms with E-state index in [1.807, 2.05) is 24.3 Å². The van der Waals surface area contributed by atoms with Gasteiger partial charge in [0.05, 0.1) is 0 Å². The molecule has 0 atom stereocenters. The highest BCUT2D eigenvalue weighted by molar-refractivity contribution is 5.84. The molecule has 18 heavy (non-hydrogen) atoms. The molecule has 0 spiro atoms. The molecule has 1 aromatic carbocycles. The summed E-state index contributed by atoms with van der Waals surface area (Å²) in [7, 11) is 0. The van der Waals surface area contributed by atoms with Gasteiger partial charge >= 0.3 is 5.97 Å². The zero-order chi connectivity index (χ0) is 13.0. The van der Waals surface area contributed by atoms with E-state index < -0.39 is 5.97 Å². The Morgan fingerprint density at radius 2 is 1.94 bits per heavy atom. The van der Waals surface area contributed by atoms with Crippen molar-refractivity contribution >= 4 is 5.97 Å². The summed E-state index contributed by atoms with van der Waals surface area (Å²) in [6.07, 6.45) is 2.13. The highest BCUT2D eigenvalue weighted by atomic mass is 16.6. The molecule has 2 aromatic rings. The van der Waals surface area contributed by atoms with Gasteiger partial charge in [-0.05, 0) is 30.2 Å². The molecule has 94 valence electrons. The highest BCUT2D eigenvalue weighted by Crippen LogP contribution is 2.24. The van der Waals surface area contributed by atoms with E-state index in [1.54, 1.807) is 0 Å². The SMILES string of the molecule is CCCc1ccc(Oc2ccc(C(=O)O)o2)cc1. The average Bonchev–Trinajstić information content (AvgIpc) is 2.81. The van der Waals surface area contributed by atoms with Crippen LogP contribution in [0.2, 0.25) is 0 Å². The number of carbonyl (C=O) groups is 1. The number of aromatic carboxylic acids is 1. The number of aryl methyl sites for hydroxylation is 1. The smallest absolute Gasteiger partial charge is 0.371 e. The van der Waals surface area contributed by atoms with Gasteiger partial charge < -0.3 is 14.3 Å². The number of ether oxygens (including phenoxy) is 1. The predicted molar refractivity (Wildman–Crippen MR) is 66.2 cm³/mol. The number of hydrogen-bond donors (Lipinski definition) is 1. The Balaban J connectivity index is 2.06. The van der Waals surface area contributed by atoms with E-state index in [1.165, 1.54) is 17.7 Å². The first-order valence-corrected chi connectivity index (χ1v) is 5.79. The molecule has 4 nitrogen and oxygen atoms in total. The van der Waals surface area contributed by atoms with Crippen molar-refractivity contribution in [2.75, 3.05) is 0 Å². The summed E-state index contributed by atoms with van der Waals surface area (Å²) in [6, 6.07) is 10.5. The molecule has 0 aliphatic rings. The maximum absolute atomic E-state index is 10.6. The van der Waals surface area contributed by atoms with Crippen molar-refractivity contribution in [1.29, 1.82) is 0 Å². The lowest BCUT2D eigenvalue weighted by Gasteiger charge is -2.03. The molecule has 0 saturated carbocycles. The topological polar surface area (TPSA) is 59.7 Å². The van der Waals surface area contributed by atoms with E-state index in [4.69, 9.17) is 14.3 Å². The minimum Gasteiger partial charge on any atom is -0.475 e. The highest BCUT2D eigenvalue weighted by Gasteiger charge is 2.10. The largest absolute Gasteiger partial charge is 0.475 e. The molecule has 1 N–H and O–H groups in total. The van der Waals surface area contributed by atoms with Crippen LogP contribution in [0.3, 0.4) is 0 Å². The molecule has 0 saturated heterocycles. The second-order valence-corrected chi connectivity index (χ2v) is 3.92. The molecule has 0 radical (unpaired) electrons. The zero-order valence-electron chi connectivity index (χ0n) is 10.1. The minimum atomic E-state index is -1.11.